The molecule has 0 bridgehead atoms. The summed E-state index contributed by atoms with van der Waals surface area (Å²) in [5, 5.41) is 3.57. The number of hydrogen-bond acceptors (Lipinski definition) is 2. The summed E-state index contributed by atoms with van der Waals surface area (Å²) in [6, 6.07) is 8.31. The van der Waals surface area contributed by atoms with Crippen LogP contribution in [0.25, 0.3) is 0 Å². The number of hydrogen-bond donors (Lipinski definition) is 1. The Morgan fingerprint density at radius 3 is 2.74 bits per heavy atom. The Balaban J connectivity index is 2.18. The molecule has 1 aromatic carbocycles. The molecule has 1 amide bonds. The average Bonchev–Trinajstić information content (AvgIpc) is 2.41. The van der Waals surface area contributed by atoms with Gasteiger partial charge in [0.15, 0.2) is 0 Å². The predicted octanol–water partition coefficient (Wildman–Crippen LogP) is 3.12. The number of anilines is 1. The van der Waals surface area contributed by atoms with Crippen molar-refractivity contribution in [1.82, 2.24) is 5.32 Å². The van der Waals surface area contributed by atoms with Gasteiger partial charge in [-0.15, -0.1) is 0 Å². The molecule has 0 aliphatic carbocycles. The first-order valence-corrected chi connectivity index (χ1v) is 7.03. The quantitative estimate of drug-likeness (QED) is 0.902. The van der Waals surface area contributed by atoms with Gasteiger partial charge < -0.3 is 10.2 Å². The van der Waals surface area contributed by atoms with Crippen LogP contribution in [0.2, 0.25) is 0 Å². The minimum Gasteiger partial charge on any atom is -0.315 e. The predicted molar refractivity (Wildman–Crippen MR) is 79.3 cm³/mol. The summed E-state index contributed by atoms with van der Waals surface area (Å²) in [6.07, 6.45) is 1.68. The molecule has 0 spiro atoms. The lowest BCUT2D eigenvalue weighted by Crippen LogP contribution is -2.40. The number of amides is 1. The number of carbonyl (C=O) groups is 1. The molecular formula is C16H24N2O. The Bertz CT molecular complexity index is 468. The minimum atomic E-state index is 0.144. The summed E-state index contributed by atoms with van der Waals surface area (Å²) >= 11 is 0. The van der Waals surface area contributed by atoms with Crippen LogP contribution in [0.5, 0.6) is 0 Å². The van der Waals surface area contributed by atoms with Crippen LogP contribution in [0.1, 0.15) is 45.2 Å². The molecular weight excluding hydrogens is 236 g/mol. The SMILES string of the molecule is CCC(C)(C)CNC1CC(=O)N(C)c2ccccc21. The van der Waals surface area contributed by atoms with Crippen molar-refractivity contribution in [3.63, 3.8) is 0 Å². The van der Waals surface area contributed by atoms with Crippen molar-refractivity contribution < 1.29 is 4.79 Å². The van der Waals surface area contributed by atoms with E-state index in [0.29, 0.717) is 6.42 Å². The van der Waals surface area contributed by atoms with Crippen molar-refractivity contribution in [2.24, 2.45) is 5.41 Å². The number of para-hydroxylation sites is 1. The van der Waals surface area contributed by atoms with Gasteiger partial charge in [-0.3, -0.25) is 4.79 Å². The molecule has 0 aromatic heterocycles. The first kappa shape index (κ1) is 14.1. The zero-order valence-electron chi connectivity index (χ0n) is 12.4. The Kier molecular flexibility index (Phi) is 3.95. The largest absolute Gasteiger partial charge is 0.315 e. The Hall–Kier alpha value is -1.35. The molecule has 1 aliphatic heterocycles. The zero-order chi connectivity index (χ0) is 14.0. The van der Waals surface area contributed by atoms with Gasteiger partial charge in [-0.05, 0) is 23.5 Å². The van der Waals surface area contributed by atoms with Crippen LogP contribution in [-0.4, -0.2) is 19.5 Å². The highest BCUT2D eigenvalue weighted by molar-refractivity contribution is 5.96. The monoisotopic (exact) mass is 260 g/mol. The fourth-order valence-corrected chi connectivity index (χ4v) is 2.35. The van der Waals surface area contributed by atoms with E-state index < -0.39 is 0 Å². The number of rotatable bonds is 4. The lowest BCUT2D eigenvalue weighted by atomic mass is 9.88. The molecule has 0 saturated heterocycles. The highest BCUT2D eigenvalue weighted by Crippen LogP contribution is 2.34. The number of fused-ring (bicyclic) bond motifs is 1. The van der Waals surface area contributed by atoms with E-state index in [-0.39, 0.29) is 17.4 Å². The second-order valence-corrected chi connectivity index (χ2v) is 6.17. The van der Waals surface area contributed by atoms with Crippen LogP contribution in [-0.2, 0) is 4.79 Å². The molecule has 0 fully saturated rings. The minimum absolute atomic E-state index is 0.144. The van der Waals surface area contributed by atoms with E-state index >= 15 is 0 Å². The molecule has 3 heteroatoms. The van der Waals surface area contributed by atoms with Gasteiger partial charge >= 0.3 is 0 Å². The summed E-state index contributed by atoms with van der Waals surface area (Å²) in [7, 11) is 1.85. The Labute approximate surface area is 116 Å². The number of benzene rings is 1. The molecule has 19 heavy (non-hydrogen) atoms. The summed E-state index contributed by atoms with van der Waals surface area (Å²) < 4.78 is 0. The number of nitrogens with zero attached hydrogens (tertiary/aromatic N) is 1. The van der Waals surface area contributed by atoms with E-state index in [0.717, 1.165) is 18.7 Å². The second kappa shape index (κ2) is 5.33. The molecule has 104 valence electrons. The second-order valence-electron chi connectivity index (χ2n) is 6.17. The van der Waals surface area contributed by atoms with Crippen molar-refractivity contribution >= 4 is 11.6 Å². The van der Waals surface area contributed by atoms with E-state index in [1.165, 1.54) is 5.56 Å². The average molecular weight is 260 g/mol. The lowest BCUT2D eigenvalue weighted by Gasteiger charge is -2.34. The van der Waals surface area contributed by atoms with E-state index in [2.05, 4.69) is 32.2 Å². The molecule has 2 rings (SSSR count). The van der Waals surface area contributed by atoms with Gasteiger partial charge in [0.2, 0.25) is 5.91 Å². The third kappa shape index (κ3) is 2.98. The Morgan fingerprint density at radius 2 is 2.05 bits per heavy atom. The van der Waals surface area contributed by atoms with Crippen LogP contribution in [0.4, 0.5) is 5.69 Å². The maximum absolute atomic E-state index is 12.0. The molecule has 1 aliphatic rings. The summed E-state index contributed by atoms with van der Waals surface area (Å²) in [4.78, 5) is 13.8. The van der Waals surface area contributed by atoms with Gasteiger partial charge in [-0.1, -0.05) is 39.0 Å². The van der Waals surface area contributed by atoms with Crippen molar-refractivity contribution in [1.29, 1.82) is 0 Å². The summed E-state index contributed by atoms with van der Waals surface area (Å²) in [6.45, 7) is 7.64. The van der Waals surface area contributed by atoms with Gasteiger partial charge in [0.1, 0.15) is 0 Å². The van der Waals surface area contributed by atoms with Gasteiger partial charge in [-0.2, -0.15) is 0 Å². The van der Waals surface area contributed by atoms with E-state index in [1.54, 1.807) is 4.90 Å². The van der Waals surface area contributed by atoms with Gasteiger partial charge in [-0.25, -0.2) is 0 Å². The van der Waals surface area contributed by atoms with Crippen LogP contribution in [0, 0.1) is 5.41 Å². The molecule has 3 nitrogen and oxygen atoms in total. The maximum atomic E-state index is 12.0. The highest BCUT2D eigenvalue weighted by Gasteiger charge is 2.29. The first-order chi connectivity index (χ1) is 8.94. The summed E-state index contributed by atoms with van der Waals surface area (Å²) in [5.74, 6) is 0.186. The van der Waals surface area contributed by atoms with Crippen molar-refractivity contribution in [2.75, 3.05) is 18.5 Å². The van der Waals surface area contributed by atoms with Crippen molar-refractivity contribution in [3.8, 4) is 0 Å². The Morgan fingerprint density at radius 1 is 1.37 bits per heavy atom. The normalized spacial score (nSPS) is 19.5. The molecule has 1 heterocycles. The smallest absolute Gasteiger partial charge is 0.228 e. The van der Waals surface area contributed by atoms with Crippen LogP contribution in [0.3, 0.4) is 0 Å². The zero-order valence-corrected chi connectivity index (χ0v) is 12.4. The molecule has 1 aromatic rings. The molecule has 1 N–H and O–H groups in total. The third-order valence-electron chi connectivity index (χ3n) is 4.21. The fourth-order valence-electron chi connectivity index (χ4n) is 2.35. The topological polar surface area (TPSA) is 32.3 Å². The van der Waals surface area contributed by atoms with Gasteiger partial charge in [0, 0.05) is 31.7 Å². The molecule has 0 radical (unpaired) electrons. The van der Waals surface area contributed by atoms with Crippen molar-refractivity contribution in [3.05, 3.63) is 29.8 Å². The van der Waals surface area contributed by atoms with E-state index in [9.17, 15) is 4.79 Å². The van der Waals surface area contributed by atoms with Crippen molar-refractivity contribution in [2.45, 2.75) is 39.7 Å². The summed E-state index contributed by atoms with van der Waals surface area (Å²) in [5.41, 5.74) is 2.53. The first-order valence-electron chi connectivity index (χ1n) is 7.03. The standard InChI is InChI=1S/C16H24N2O/c1-5-16(2,3)11-17-13-10-15(19)18(4)14-9-7-6-8-12(13)14/h6-9,13,17H,5,10-11H2,1-4H3. The third-order valence-corrected chi connectivity index (χ3v) is 4.21. The number of nitrogens with one attached hydrogen (secondary N) is 1. The fraction of sp³-hybridized carbons (Fsp3) is 0.562. The van der Waals surface area contributed by atoms with Gasteiger partial charge in [0.25, 0.3) is 0 Å². The van der Waals surface area contributed by atoms with Crippen LogP contribution < -0.4 is 10.2 Å². The van der Waals surface area contributed by atoms with E-state index in [4.69, 9.17) is 0 Å². The molecule has 1 unspecified atom stereocenters. The van der Waals surface area contributed by atoms with Crippen LogP contribution >= 0.6 is 0 Å². The molecule has 1 atom stereocenters. The highest BCUT2D eigenvalue weighted by atomic mass is 16.2. The lowest BCUT2D eigenvalue weighted by molar-refractivity contribution is -0.119. The molecule has 0 saturated carbocycles. The maximum Gasteiger partial charge on any atom is 0.228 e. The number of carbonyl (C=O) groups excluding carboxylic acids is 1. The van der Waals surface area contributed by atoms with Crippen LogP contribution in [0.15, 0.2) is 24.3 Å². The van der Waals surface area contributed by atoms with Gasteiger partial charge in [0.05, 0.1) is 0 Å². The van der Waals surface area contributed by atoms with E-state index in [1.807, 2.05) is 25.2 Å².